The van der Waals surface area contributed by atoms with Crippen molar-refractivity contribution in [3.63, 3.8) is 0 Å². The summed E-state index contributed by atoms with van der Waals surface area (Å²) < 4.78 is 16.1. The maximum absolute atomic E-state index is 13.7. The van der Waals surface area contributed by atoms with E-state index < -0.39 is 6.04 Å². The number of para-hydroxylation sites is 1. The van der Waals surface area contributed by atoms with Crippen LogP contribution in [0, 0.1) is 11.5 Å². The van der Waals surface area contributed by atoms with Crippen molar-refractivity contribution < 1.29 is 18.8 Å². The third-order valence-electron chi connectivity index (χ3n) is 5.62. The lowest BCUT2D eigenvalue weighted by Crippen LogP contribution is -2.50. The smallest absolute Gasteiger partial charge is 0.304 e. The zero-order valence-electron chi connectivity index (χ0n) is 20.9. The van der Waals surface area contributed by atoms with Gasteiger partial charge in [0.25, 0.3) is 11.8 Å². The van der Waals surface area contributed by atoms with Crippen molar-refractivity contribution >= 4 is 35.2 Å². The summed E-state index contributed by atoms with van der Waals surface area (Å²) in [6.07, 6.45) is 3.22. The van der Waals surface area contributed by atoms with Crippen LogP contribution in [-0.4, -0.2) is 40.5 Å². The highest BCUT2D eigenvalue weighted by molar-refractivity contribution is 6.30. The molecule has 1 aliphatic heterocycles. The molecule has 1 atom stereocenters. The summed E-state index contributed by atoms with van der Waals surface area (Å²) in [5.74, 6) is 1.38. The molecule has 1 aliphatic rings. The first-order valence-electron chi connectivity index (χ1n) is 12.1. The van der Waals surface area contributed by atoms with E-state index in [4.69, 9.17) is 25.6 Å². The lowest BCUT2D eigenvalue weighted by Gasteiger charge is -2.31. The van der Waals surface area contributed by atoms with Gasteiger partial charge in [-0.05, 0) is 59.3 Å². The van der Waals surface area contributed by atoms with Gasteiger partial charge < -0.3 is 19.3 Å². The number of rotatable bonds is 7. The minimum Gasteiger partial charge on any atom is -0.436 e. The van der Waals surface area contributed by atoms with Crippen molar-refractivity contribution in [2.24, 2.45) is 9.98 Å². The second kappa shape index (κ2) is 12.5. The predicted molar refractivity (Wildman–Crippen MR) is 148 cm³/mol. The van der Waals surface area contributed by atoms with Crippen molar-refractivity contribution in [1.29, 1.82) is 5.26 Å². The average Bonchev–Trinajstić information content (AvgIpc) is 3.48. The molecule has 3 aromatic carbocycles. The molecule has 2 heterocycles. The summed E-state index contributed by atoms with van der Waals surface area (Å²) in [6, 6.07) is 23.7. The molecule has 0 radical (unpaired) electrons. The number of aliphatic imine (C=N–C) groups is 2. The summed E-state index contributed by atoms with van der Waals surface area (Å²) in [4.78, 5) is 24.2. The molecule has 200 valence electrons. The Labute approximate surface area is 234 Å². The zero-order chi connectivity index (χ0) is 27.7. The molecule has 0 saturated carbocycles. The summed E-state index contributed by atoms with van der Waals surface area (Å²) in [5, 5.41) is 19.1. The van der Waals surface area contributed by atoms with Crippen molar-refractivity contribution in [2.75, 3.05) is 11.9 Å². The molecule has 4 aromatic rings. The molecule has 0 fully saturated rings. The number of hydrogen-bond acceptors (Lipinski definition) is 9. The number of hydrogen-bond donors (Lipinski definition) is 2. The monoisotopic (exact) mass is 555 g/mol. The lowest BCUT2D eigenvalue weighted by molar-refractivity contribution is -0.129. The van der Waals surface area contributed by atoms with Crippen molar-refractivity contribution in [3.05, 3.63) is 102 Å². The van der Waals surface area contributed by atoms with Gasteiger partial charge >= 0.3 is 6.02 Å². The van der Waals surface area contributed by atoms with Crippen LogP contribution in [0.2, 0.25) is 5.02 Å². The normalized spacial score (nSPS) is 15.2. The van der Waals surface area contributed by atoms with E-state index in [2.05, 4.69) is 25.8 Å². The molecule has 0 aliphatic carbocycles. The summed E-state index contributed by atoms with van der Waals surface area (Å²) in [7, 11) is 0. The maximum Gasteiger partial charge on any atom is 0.304 e. The Morgan fingerprint density at radius 3 is 2.55 bits per heavy atom. The molecule has 11 nitrogen and oxygen atoms in total. The van der Waals surface area contributed by atoms with E-state index >= 15 is 0 Å². The molecule has 40 heavy (non-hydrogen) atoms. The Kier molecular flexibility index (Phi) is 8.19. The zero-order valence-corrected chi connectivity index (χ0v) is 21.7. The SMILES string of the molecule is N#CNC(=NC1CN=C(Nc2ccc(Oc3ccon3)cc2)N(Cc2ccc(Cl)cc2)C1=O)Oc1ccccc1. The standard InChI is InChI=1S/C28H22ClN7O4/c29-20-8-6-19(7-9-20)17-36-26(37)24(34-28(32-18-30)40-22-4-2-1-3-5-22)16-31-27(36)33-21-10-12-23(13-11-21)39-25-14-15-38-35-25/h1-15,24H,16-17H2,(H,31,33)(H,32,34). The largest absolute Gasteiger partial charge is 0.436 e. The van der Waals surface area contributed by atoms with Gasteiger partial charge in [-0.15, -0.1) is 0 Å². The number of benzene rings is 3. The van der Waals surface area contributed by atoms with Crippen LogP contribution in [-0.2, 0) is 11.3 Å². The summed E-state index contributed by atoms with van der Waals surface area (Å²) in [6.45, 7) is 0.252. The molecular formula is C28H22ClN7O4. The molecular weight excluding hydrogens is 534 g/mol. The molecule has 0 bridgehead atoms. The topological polar surface area (TPSA) is 137 Å². The number of guanidine groups is 1. The molecule has 0 spiro atoms. The fraction of sp³-hybridized carbons (Fsp3) is 0.107. The van der Waals surface area contributed by atoms with Crippen LogP contribution in [0.1, 0.15) is 5.56 Å². The van der Waals surface area contributed by atoms with Crippen LogP contribution in [0.25, 0.3) is 0 Å². The Morgan fingerprint density at radius 2 is 1.85 bits per heavy atom. The number of amidine groups is 1. The van der Waals surface area contributed by atoms with Gasteiger partial charge in [-0.2, -0.15) is 5.26 Å². The highest BCUT2D eigenvalue weighted by atomic mass is 35.5. The number of nitrogens with zero attached hydrogens (tertiary/aromatic N) is 5. The second-order valence-corrected chi connectivity index (χ2v) is 8.84. The molecule has 1 aromatic heterocycles. The highest BCUT2D eigenvalue weighted by Crippen LogP contribution is 2.23. The van der Waals surface area contributed by atoms with Crippen molar-refractivity contribution in [1.82, 2.24) is 15.4 Å². The van der Waals surface area contributed by atoms with Crippen molar-refractivity contribution in [2.45, 2.75) is 12.6 Å². The third-order valence-corrected chi connectivity index (χ3v) is 5.87. The van der Waals surface area contributed by atoms with Crippen molar-refractivity contribution in [3.8, 4) is 23.6 Å². The van der Waals surface area contributed by atoms with E-state index in [1.807, 2.05) is 18.2 Å². The van der Waals surface area contributed by atoms with Gasteiger partial charge in [-0.25, -0.2) is 15.3 Å². The van der Waals surface area contributed by atoms with Crippen LogP contribution in [0.4, 0.5) is 5.69 Å². The van der Waals surface area contributed by atoms with Crippen LogP contribution >= 0.6 is 11.6 Å². The quantitative estimate of drug-likeness (QED) is 0.143. The fourth-order valence-corrected chi connectivity index (χ4v) is 3.86. The fourth-order valence-electron chi connectivity index (χ4n) is 3.73. The highest BCUT2D eigenvalue weighted by Gasteiger charge is 2.33. The van der Waals surface area contributed by atoms with Gasteiger partial charge in [0.2, 0.25) is 5.96 Å². The van der Waals surface area contributed by atoms with Gasteiger partial charge in [-0.3, -0.25) is 9.69 Å². The molecule has 5 rings (SSSR count). The van der Waals surface area contributed by atoms with Crippen LogP contribution < -0.4 is 20.1 Å². The number of amides is 1. The Bertz CT molecular complexity index is 1530. The van der Waals surface area contributed by atoms with E-state index in [1.165, 1.54) is 11.2 Å². The Balaban J connectivity index is 1.38. The lowest BCUT2D eigenvalue weighted by atomic mass is 10.1. The summed E-state index contributed by atoms with van der Waals surface area (Å²) >= 11 is 6.05. The van der Waals surface area contributed by atoms with E-state index in [9.17, 15) is 10.1 Å². The molecule has 12 heteroatoms. The molecule has 1 unspecified atom stereocenters. The molecule has 1 amide bonds. The van der Waals surface area contributed by atoms with Gasteiger partial charge in [-0.1, -0.05) is 41.9 Å². The number of nitrogens with one attached hydrogen (secondary N) is 2. The van der Waals surface area contributed by atoms with E-state index in [0.29, 0.717) is 34.0 Å². The number of carbonyl (C=O) groups excluding carboxylic acids is 1. The van der Waals surface area contributed by atoms with E-state index in [0.717, 1.165) is 5.56 Å². The first-order chi connectivity index (χ1) is 19.6. The second-order valence-electron chi connectivity index (χ2n) is 8.41. The summed E-state index contributed by atoms with van der Waals surface area (Å²) in [5.41, 5.74) is 1.52. The van der Waals surface area contributed by atoms with Gasteiger partial charge in [0.05, 0.1) is 13.1 Å². The van der Waals surface area contributed by atoms with Gasteiger partial charge in [0.15, 0.2) is 12.2 Å². The Morgan fingerprint density at radius 1 is 1.07 bits per heavy atom. The minimum absolute atomic E-state index is 0.0421. The first kappa shape index (κ1) is 26.3. The van der Waals surface area contributed by atoms with Crippen LogP contribution in [0.5, 0.6) is 17.4 Å². The first-order valence-corrected chi connectivity index (χ1v) is 12.5. The molecule has 0 saturated heterocycles. The van der Waals surface area contributed by atoms with E-state index in [1.54, 1.807) is 72.9 Å². The average molecular weight is 556 g/mol. The van der Waals surface area contributed by atoms with Gasteiger partial charge in [0.1, 0.15) is 17.8 Å². The maximum atomic E-state index is 13.7. The molecule has 2 N–H and O–H groups in total. The number of carbonyl (C=O) groups is 1. The van der Waals surface area contributed by atoms with Gasteiger partial charge in [0, 0.05) is 16.8 Å². The predicted octanol–water partition coefficient (Wildman–Crippen LogP) is 4.80. The number of nitriles is 1. The number of ether oxygens (including phenoxy) is 2. The minimum atomic E-state index is -0.921. The van der Waals surface area contributed by atoms with E-state index in [-0.39, 0.29) is 25.0 Å². The number of halogens is 1. The third kappa shape index (κ3) is 6.75. The number of aromatic nitrogens is 1. The number of anilines is 1. The Hall–Kier alpha value is -5.34. The van der Waals surface area contributed by atoms with Crippen LogP contribution in [0.3, 0.4) is 0 Å². The van der Waals surface area contributed by atoms with Crippen LogP contribution in [0.15, 0.2) is 106 Å².